The molecule has 0 fully saturated rings. The lowest BCUT2D eigenvalue weighted by Crippen LogP contribution is -2.27. The number of hydrogen-bond donors (Lipinski definition) is 1. The lowest BCUT2D eigenvalue weighted by Gasteiger charge is -2.16. The van der Waals surface area contributed by atoms with Crippen LogP contribution in [0.1, 0.15) is 46.0 Å². The van der Waals surface area contributed by atoms with E-state index in [0.29, 0.717) is 11.3 Å². The van der Waals surface area contributed by atoms with Crippen LogP contribution in [0.15, 0.2) is 70.2 Å². The van der Waals surface area contributed by atoms with Crippen molar-refractivity contribution in [3.8, 4) is 5.69 Å². The van der Waals surface area contributed by atoms with Gasteiger partial charge in [0.1, 0.15) is 11.6 Å². The zero-order valence-corrected chi connectivity index (χ0v) is 18.8. The van der Waals surface area contributed by atoms with Crippen molar-refractivity contribution in [3.63, 3.8) is 0 Å². The number of amides is 1. The third kappa shape index (κ3) is 4.75. The minimum atomic E-state index is -0.297. The highest BCUT2D eigenvalue weighted by molar-refractivity contribution is 7.98. The van der Waals surface area contributed by atoms with E-state index in [1.807, 2.05) is 51.1 Å². The highest BCUT2D eigenvalue weighted by Crippen LogP contribution is 2.27. The molecule has 0 aliphatic heterocycles. The number of nitrogens with one attached hydrogen (secondary N) is 1. The summed E-state index contributed by atoms with van der Waals surface area (Å²) >= 11 is 1.53. The van der Waals surface area contributed by atoms with Gasteiger partial charge in [-0.05, 0) is 57.2 Å². The quantitative estimate of drug-likeness (QED) is 0.382. The van der Waals surface area contributed by atoms with Gasteiger partial charge < -0.3 is 9.84 Å². The van der Waals surface area contributed by atoms with E-state index in [-0.39, 0.29) is 17.8 Å². The van der Waals surface area contributed by atoms with Gasteiger partial charge in [-0.3, -0.25) is 4.79 Å². The fourth-order valence-corrected chi connectivity index (χ4v) is 4.38. The molecule has 1 atom stereocenters. The fourth-order valence-electron chi connectivity index (χ4n) is 3.46. The van der Waals surface area contributed by atoms with Gasteiger partial charge in [0.05, 0.1) is 34.9 Å². The summed E-state index contributed by atoms with van der Waals surface area (Å²) in [5, 5.41) is 11.4. The van der Waals surface area contributed by atoms with E-state index < -0.39 is 0 Å². The van der Waals surface area contributed by atoms with Crippen LogP contribution in [-0.4, -0.2) is 20.8 Å². The smallest absolute Gasteiger partial charge is 0.252 e. The zero-order valence-electron chi connectivity index (χ0n) is 18.0. The molecule has 32 heavy (non-hydrogen) atoms. The number of halogens is 1. The first kappa shape index (κ1) is 21.8. The summed E-state index contributed by atoms with van der Waals surface area (Å²) in [6, 6.07) is 15.3. The van der Waals surface area contributed by atoms with Gasteiger partial charge in [0.15, 0.2) is 0 Å². The average Bonchev–Trinajstić information content (AvgIpc) is 3.38. The minimum absolute atomic E-state index is 0.164. The monoisotopic (exact) mass is 450 g/mol. The van der Waals surface area contributed by atoms with Crippen molar-refractivity contribution in [1.82, 2.24) is 20.3 Å². The summed E-state index contributed by atoms with van der Waals surface area (Å²) in [5.74, 6) is 0.891. The summed E-state index contributed by atoms with van der Waals surface area (Å²) in [4.78, 5) is 13.9. The number of benzene rings is 2. The second kappa shape index (κ2) is 9.40. The Morgan fingerprint density at radius 1 is 1.19 bits per heavy atom. The Morgan fingerprint density at radius 2 is 1.94 bits per heavy atom. The van der Waals surface area contributed by atoms with Gasteiger partial charge in [-0.15, -0.1) is 11.8 Å². The Hall–Kier alpha value is -3.39. The molecule has 2 aromatic carbocycles. The molecular formula is C24H23FN4O2S. The van der Waals surface area contributed by atoms with Crippen molar-refractivity contribution in [1.29, 1.82) is 0 Å². The van der Waals surface area contributed by atoms with E-state index >= 15 is 0 Å². The van der Waals surface area contributed by atoms with Gasteiger partial charge in [0.2, 0.25) is 0 Å². The Labute approximate surface area is 189 Å². The molecule has 0 bridgehead atoms. The lowest BCUT2D eigenvalue weighted by molar-refractivity contribution is 0.0937. The molecule has 0 saturated heterocycles. The Morgan fingerprint density at radius 3 is 2.66 bits per heavy atom. The number of aromatic nitrogens is 3. The molecule has 6 nitrogen and oxygen atoms in total. The van der Waals surface area contributed by atoms with Gasteiger partial charge in [-0.25, -0.2) is 9.07 Å². The highest BCUT2D eigenvalue weighted by Gasteiger charge is 2.19. The van der Waals surface area contributed by atoms with E-state index in [1.54, 1.807) is 23.0 Å². The molecule has 8 heteroatoms. The molecule has 2 heterocycles. The maximum Gasteiger partial charge on any atom is 0.252 e. The molecule has 4 aromatic rings. The van der Waals surface area contributed by atoms with Crippen LogP contribution >= 0.6 is 11.8 Å². The largest absolute Gasteiger partial charge is 0.360 e. The standard InChI is InChI=1S/C24H23FN4O2S/c1-15-12-20(31-28-15)14-32-23-7-5-4-6-21(23)24(30)27-16(2)22-13-26-29(17(22)3)19-10-8-18(25)9-11-19/h4-13,16H,14H2,1-3H3,(H,27,30). The Kier molecular flexibility index (Phi) is 6.41. The second-order valence-corrected chi connectivity index (χ2v) is 8.51. The molecule has 0 saturated carbocycles. The zero-order chi connectivity index (χ0) is 22.7. The summed E-state index contributed by atoms with van der Waals surface area (Å²) in [6.07, 6.45) is 1.73. The van der Waals surface area contributed by atoms with Gasteiger partial charge in [0.25, 0.3) is 5.91 Å². The molecule has 2 aromatic heterocycles. The van der Waals surface area contributed by atoms with Crippen molar-refractivity contribution in [2.24, 2.45) is 0 Å². The van der Waals surface area contributed by atoms with Crippen LogP contribution in [0.5, 0.6) is 0 Å². The predicted octanol–water partition coefficient (Wildman–Crippen LogP) is 5.40. The van der Waals surface area contributed by atoms with Crippen molar-refractivity contribution >= 4 is 17.7 Å². The summed E-state index contributed by atoms with van der Waals surface area (Å²) in [6.45, 7) is 5.72. The third-order valence-corrected chi connectivity index (χ3v) is 6.21. The number of aryl methyl sites for hydroxylation is 1. The molecule has 1 N–H and O–H groups in total. The molecule has 0 radical (unpaired) electrons. The van der Waals surface area contributed by atoms with Gasteiger partial charge in [0, 0.05) is 22.2 Å². The Balaban J connectivity index is 1.48. The van der Waals surface area contributed by atoms with Crippen molar-refractivity contribution < 1.29 is 13.7 Å². The van der Waals surface area contributed by atoms with Crippen LogP contribution < -0.4 is 5.32 Å². The molecular weight excluding hydrogens is 427 g/mol. The summed E-state index contributed by atoms with van der Waals surface area (Å²) in [7, 11) is 0. The van der Waals surface area contributed by atoms with Crippen LogP contribution in [0.4, 0.5) is 4.39 Å². The van der Waals surface area contributed by atoms with E-state index in [4.69, 9.17) is 4.52 Å². The van der Waals surface area contributed by atoms with E-state index in [1.165, 1.54) is 23.9 Å². The molecule has 0 aliphatic rings. The number of nitrogens with zero attached hydrogens (tertiary/aromatic N) is 3. The van der Waals surface area contributed by atoms with Crippen molar-refractivity contribution in [2.75, 3.05) is 0 Å². The van der Waals surface area contributed by atoms with Crippen molar-refractivity contribution in [2.45, 2.75) is 37.5 Å². The Bertz CT molecular complexity index is 1230. The molecule has 0 aliphatic carbocycles. The maximum absolute atomic E-state index is 13.2. The molecule has 4 rings (SSSR count). The predicted molar refractivity (Wildman–Crippen MR) is 121 cm³/mol. The average molecular weight is 451 g/mol. The van der Waals surface area contributed by atoms with E-state index in [9.17, 15) is 9.18 Å². The number of hydrogen-bond acceptors (Lipinski definition) is 5. The normalized spacial score (nSPS) is 12.0. The lowest BCUT2D eigenvalue weighted by atomic mass is 10.1. The second-order valence-electron chi connectivity index (χ2n) is 7.49. The van der Waals surface area contributed by atoms with Gasteiger partial charge in [-0.2, -0.15) is 5.10 Å². The molecule has 1 amide bonds. The third-order valence-electron chi connectivity index (χ3n) is 5.11. The summed E-state index contributed by atoms with van der Waals surface area (Å²) in [5.41, 5.74) is 3.97. The number of thioether (sulfide) groups is 1. The van der Waals surface area contributed by atoms with Gasteiger partial charge in [-0.1, -0.05) is 17.3 Å². The highest BCUT2D eigenvalue weighted by atomic mass is 32.2. The van der Waals surface area contributed by atoms with E-state index in [0.717, 1.165) is 33.3 Å². The van der Waals surface area contributed by atoms with E-state index in [2.05, 4.69) is 15.6 Å². The van der Waals surface area contributed by atoms with Crippen LogP contribution in [0.25, 0.3) is 5.69 Å². The molecule has 1 unspecified atom stereocenters. The first-order chi connectivity index (χ1) is 15.4. The van der Waals surface area contributed by atoms with Crippen LogP contribution in [0.3, 0.4) is 0 Å². The minimum Gasteiger partial charge on any atom is -0.360 e. The van der Waals surface area contributed by atoms with Crippen LogP contribution in [-0.2, 0) is 5.75 Å². The van der Waals surface area contributed by atoms with Crippen molar-refractivity contribution in [3.05, 3.63) is 94.9 Å². The fraction of sp³-hybridized carbons (Fsp3) is 0.208. The van der Waals surface area contributed by atoms with Crippen LogP contribution in [0.2, 0.25) is 0 Å². The number of carbonyl (C=O) groups is 1. The maximum atomic E-state index is 13.2. The SMILES string of the molecule is Cc1cc(CSc2ccccc2C(=O)NC(C)c2cnn(-c3ccc(F)cc3)c2C)on1. The topological polar surface area (TPSA) is 73.0 Å². The number of carbonyl (C=O) groups excluding carboxylic acids is 1. The summed E-state index contributed by atoms with van der Waals surface area (Å²) < 4.78 is 20.2. The molecule has 164 valence electrons. The first-order valence-corrected chi connectivity index (χ1v) is 11.2. The number of rotatable bonds is 7. The first-order valence-electron chi connectivity index (χ1n) is 10.2. The van der Waals surface area contributed by atoms with Gasteiger partial charge >= 0.3 is 0 Å². The van der Waals surface area contributed by atoms with Crippen LogP contribution in [0, 0.1) is 19.7 Å². The molecule has 0 spiro atoms.